The SMILES string of the molecule is N#CCOc1cc2nccc(Oc3ccc(NC(=O)NC4CC4)c(Cl)c3)c2c2c1OCCO2. The van der Waals surface area contributed by atoms with Crippen molar-refractivity contribution in [2.24, 2.45) is 0 Å². The Hall–Kier alpha value is -3.90. The summed E-state index contributed by atoms with van der Waals surface area (Å²) in [7, 11) is 0. The van der Waals surface area contributed by atoms with Crippen molar-refractivity contribution in [3.63, 3.8) is 0 Å². The average Bonchev–Trinajstić information content (AvgIpc) is 3.63. The third kappa shape index (κ3) is 4.52. The van der Waals surface area contributed by atoms with Crippen molar-refractivity contribution in [2.75, 3.05) is 25.1 Å². The van der Waals surface area contributed by atoms with E-state index in [0.717, 1.165) is 12.8 Å². The molecule has 2 heterocycles. The average molecular weight is 467 g/mol. The molecule has 0 atom stereocenters. The molecule has 10 heteroatoms. The van der Waals surface area contributed by atoms with Gasteiger partial charge in [0.2, 0.25) is 5.75 Å². The van der Waals surface area contributed by atoms with Crippen LogP contribution < -0.4 is 29.6 Å². The second-order valence-corrected chi connectivity index (χ2v) is 7.90. The molecule has 1 saturated carbocycles. The van der Waals surface area contributed by atoms with Gasteiger partial charge >= 0.3 is 6.03 Å². The molecule has 168 valence electrons. The van der Waals surface area contributed by atoms with Crippen molar-refractivity contribution in [3.8, 4) is 34.8 Å². The number of carbonyl (C=O) groups is 1. The first-order valence-electron chi connectivity index (χ1n) is 10.4. The Morgan fingerprint density at radius 2 is 2.00 bits per heavy atom. The van der Waals surface area contributed by atoms with Crippen molar-refractivity contribution >= 4 is 34.2 Å². The fourth-order valence-corrected chi connectivity index (χ4v) is 3.65. The number of amides is 2. The fourth-order valence-electron chi connectivity index (χ4n) is 3.44. The lowest BCUT2D eigenvalue weighted by molar-refractivity contribution is 0.166. The topological polar surface area (TPSA) is 115 Å². The molecule has 2 N–H and O–H groups in total. The van der Waals surface area contributed by atoms with Crippen molar-refractivity contribution < 1.29 is 23.7 Å². The van der Waals surface area contributed by atoms with Gasteiger partial charge in [0.15, 0.2) is 18.1 Å². The molecule has 1 fully saturated rings. The zero-order valence-corrected chi connectivity index (χ0v) is 18.1. The molecule has 33 heavy (non-hydrogen) atoms. The van der Waals surface area contributed by atoms with Crippen molar-refractivity contribution in [3.05, 3.63) is 41.6 Å². The molecule has 2 aromatic carbocycles. The van der Waals surface area contributed by atoms with E-state index in [2.05, 4.69) is 15.6 Å². The monoisotopic (exact) mass is 466 g/mol. The van der Waals surface area contributed by atoms with Crippen LogP contribution in [0.1, 0.15) is 12.8 Å². The zero-order chi connectivity index (χ0) is 22.8. The maximum atomic E-state index is 12.0. The lowest BCUT2D eigenvalue weighted by Gasteiger charge is -2.23. The van der Waals surface area contributed by atoms with Crippen LogP contribution in [0.2, 0.25) is 5.02 Å². The van der Waals surface area contributed by atoms with Gasteiger partial charge in [-0.05, 0) is 31.0 Å². The molecule has 5 rings (SSSR count). The maximum absolute atomic E-state index is 12.0. The highest BCUT2D eigenvalue weighted by Crippen LogP contribution is 2.48. The first kappa shape index (κ1) is 21.0. The summed E-state index contributed by atoms with van der Waals surface area (Å²) in [6, 6.07) is 10.3. The van der Waals surface area contributed by atoms with E-state index in [1.54, 1.807) is 36.5 Å². The molecule has 0 spiro atoms. The van der Waals surface area contributed by atoms with Crippen LogP contribution in [0.4, 0.5) is 10.5 Å². The van der Waals surface area contributed by atoms with Crippen LogP contribution in [0.5, 0.6) is 28.7 Å². The molecule has 0 bridgehead atoms. The normalized spacial score (nSPS) is 14.3. The van der Waals surface area contributed by atoms with E-state index in [1.807, 2.05) is 6.07 Å². The van der Waals surface area contributed by atoms with Crippen LogP contribution >= 0.6 is 11.6 Å². The molecular formula is C23H19ClN4O5. The van der Waals surface area contributed by atoms with E-state index >= 15 is 0 Å². The van der Waals surface area contributed by atoms with Crippen LogP contribution in [0.25, 0.3) is 10.9 Å². The minimum absolute atomic E-state index is 0.130. The lowest BCUT2D eigenvalue weighted by Crippen LogP contribution is -2.30. The van der Waals surface area contributed by atoms with Crippen LogP contribution in [0.3, 0.4) is 0 Å². The number of carbonyl (C=O) groups excluding carboxylic acids is 1. The first-order valence-corrected chi connectivity index (χ1v) is 10.8. The number of anilines is 1. The number of hydrogen-bond acceptors (Lipinski definition) is 7. The predicted molar refractivity (Wildman–Crippen MR) is 121 cm³/mol. The smallest absolute Gasteiger partial charge is 0.319 e. The number of nitriles is 1. The second-order valence-electron chi connectivity index (χ2n) is 7.50. The molecule has 1 aliphatic carbocycles. The Bertz CT molecular complexity index is 1270. The Morgan fingerprint density at radius 3 is 2.76 bits per heavy atom. The number of hydrogen-bond donors (Lipinski definition) is 2. The fraction of sp³-hybridized carbons (Fsp3) is 0.261. The number of nitrogens with one attached hydrogen (secondary N) is 2. The van der Waals surface area contributed by atoms with Gasteiger partial charge in [0.25, 0.3) is 0 Å². The summed E-state index contributed by atoms with van der Waals surface area (Å²) in [6.07, 6.45) is 3.60. The van der Waals surface area contributed by atoms with Gasteiger partial charge in [0.1, 0.15) is 30.8 Å². The number of ether oxygens (including phenoxy) is 4. The van der Waals surface area contributed by atoms with Gasteiger partial charge in [-0.3, -0.25) is 4.98 Å². The lowest BCUT2D eigenvalue weighted by atomic mass is 10.1. The van der Waals surface area contributed by atoms with Gasteiger partial charge in [-0.15, -0.1) is 0 Å². The third-order valence-electron chi connectivity index (χ3n) is 5.06. The highest BCUT2D eigenvalue weighted by atomic mass is 35.5. The highest BCUT2D eigenvalue weighted by Gasteiger charge is 2.25. The number of fused-ring (bicyclic) bond motifs is 3. The van der Waals surface area contributed by atoms with Crippen molar-refractivity contribution in [1.29, 1.82) is 5.26 Å². The minimum Gasteiger partial charge on any atom is -0.485 e. The summed E-state index contributed by atoms with van der Waals surface area (Å²) in [4.78, 5) is 16.4. The highest BCUT2D eigenvalue weighted by molar-refractivity contribution is 6.33. The molecule has 9 nitrogen and oxygen atoms in total. The zero-order valence-electron chi connectivity index (χ0n) is 17.4. The Balaban J connectivity index is 1.45. The van der Waals surface area contributed by atoms with Crippen LogP contribution in [0, 0.1) is 11.3 Å². The maximum Gasteiger partial charge on any atom is 0.319 e. The predicted octanol–water partition coefficient (Wildman–Crippen LogP) is 4.64. The van der Waals surface area contributed by atoms with Crippen molar-refractivity contribution in [1.82, 2.24) is 10.3 Å². The second kappa shape index (κ2) is 8.92. The molecule has 2 aliphatic rings. The Kier molecular flexibility index (Phi) is 5.67. The third-order valence-corrected chi connectivity index (χ3v) is 5.38. The van der Waals surface area contributed by atoms with Crippen LogP contribution in [-0.4, -0.2) is 36.9 Å². The van der Waals surface area contributed by atoms with Gasteiger partial charge in [-0.25, -0.2) is 4.79 Å². The number of rotatable bonds is 6. The summed E-state index contributed by atoms with van der Waals surface area (Å²) >= 11 is 6.37. The van der Waals surface area contributed by atoms with E-state index in [4.69, 9.17) is 35.8 Å². The van der Waals surface area contributed by atoms with Gasteiger partial charge in [0.05, 0.1) is 21.6 Å². The summed E-state index contributed by atoms with van der Waals surface area (Å²) in [5.74, 6) is 2.18. The van der Waals surface area contributed by atoms with Gasteiger partial charge in [-0.2, -0.15) is 5.26 Å². The number of pyridine rings is 1. The summed E-state index contributed by atoms with van der Waals surface area (Å²) in [6.45, 7) is 0.582. The first-order chi connectivity index (χ1) is 16.1. The van der Waals surface area contributed by atoms with E-state index in [1.165, 1.54) is 0 Å². The summed E-state index contributed by atoms with van der Waals surface area (Å²) < 4.78 is 23.2. The van der Waals surface area contributed by atoms with Crippen LogP contribution in [0.15, 0.2) is 36.5 Å². The molecule has 1 aliphatic heterocycles. The largest absolute Gasteiger partial charge is 0.485 e. The summed E-state index contributed by atoms with van der Waals surface area (Å²) in [5, 5.41) is 15.4. The number of benzene rings is 2. The molecular weight excluding hydrogens is 448 g/mol. The molecule has 3 aromatic rings. The number of urea groups is 1. The Labute approximate surface area is 194 Å². The van der Waals surface area contributed by atoms with E-state index < -0.39 is 0 Å². The quantitative estimate of drug-likeness (QED) is 0.543. The van der Waals surface area contributed by atoms with E-state index in [9.17, 15) is 4.79 Å². The molecule has 0 radical (unpaired) electrons. The standard InChI is InChI=1S/C23H19ClN4O5/c24-15-11-14(3-4-16(15)28-23(29)27-13-1-2-13)33-18-5-7-26-17-12-19(30-8-6-25)21-22(20(17)18)32-10-9-31-21/h3-5,7,11-13H,1-2,8-10H2,(H2,27,28,29). The molecule has 2 amide bonds. The Morgan fingerprint density at radius 1 is 1.18 bits per heavy atom. The van der Waals surface area contributed by atoms with E-state index in [-0.39, 0.29) is 18.7 Å². The minimum atomic E-state index is -0.286. The molecule has 0 saturated heterocycles. The summed E-state index contributed by atoms with van der Waals surface area (Å²) in [5.41, 5.74) is 1.04. The molecule has 1 aromatic heterocycles. The molecule has 0 unspecified atom stereocenters. The van der Waals surface area contributed by atoms with E-state index in [0.29, 0.717) is 63.6 Å². The number of aromatic nitrogens is 1. The van der Waals surface area contributed by atoms with Gasteiger partial charge in [-0.1, -0.05) is 11.6 Å². The van der Waals surface area contributed by atoms with Crippen molar-refractivity contribution in [2.45, 2.75) is 18.9 Å². The van der Waals surface area contributed by atoms with Crippen LogP contribution in [-0.2, 0) is 0 Å². The number of nitrogens with zero attached hydrogens (tertiary/aromatic N) is 2. The van der Waals surface area contributed by atoms with Gasteiger partial charge < -0.3 is 29.6 Å². The number of halogens is 1. The van der Waals surface area contributed by atoms with Gasteiger partial charge in [0, 0.05) is 24.4 Å².